The van der Waals surface area contributed by atoms with Gasteiger partial charge in [-0.1, -0.05) is 95.7 Å². The van der Waals surface area contributed by atoms with Crippen LogP contribution in [0.4, 0.5) is 0 Å². The van der Waals surface area contributed by atoms with Crippen molar-refractivity contribution in [2.75, 3.05) is 0 Å². The van der Waals surface area contributed by atoms with Crippen molar-refractivity contribution in [3.8, 4) is 0 Å². The van der Waals surface area contributed by atoms with Gasteiger partial charge in [0.2, 0.25) is 0 Å². The first-order valence-corrected chi connectivity index (χ1v) is 13.1. The molecule has 1 rings (SSSR count). The molecular formula is C32H54. The third-order valence-corrected chi connectivity index (χ3v) is 8.73. The molecule has 5 atom stereocenters. The van der Waals surface area contributed by atoms with Crippen LogP contribution in [-0.2, 0) is 0 Å². The quantitative estimate of drug-likeness (QED) is 0.251. The zero-order valence-electron chi connectivity index (χ0n) is 22.9. The highest BCUT2D eigenvalue weighted by Gasteiger charge is 2.40. The minimum atomic E-state index is 0.0652. The molecule has 0 aromatic carbocycles. The predicted octanol–water partition coefficient (Wildman–Crippen LogP) is 10.5. The topological polar surface area (TPSA) is 0 Å². The van der Waals surface area contributed by atoms with E-state index in [1.54, 1.807) is 0 Å². The molecular weight excluding hydrogens is 384 g/mol. The lowest BCUT2D eigenvalue weighted by molar-refractivity contribution is 0.100. The number of hydrogen-bond acceptors (Lipinski definition) is 0. The summed E-state index contributed by atoms with van der Waals surface area (Å²) in [6.07, 6.45) is 19.1. The van der Waals surface area contributed by atoms with Crippen molar-refractivity contribution in [1.82, 2.24) is 0 Å². The lowest BCUT2D eigenvalue weighted by Gasteiger charge is -2.46. The summed E-state index contributed by atoms with van der Waals surface area (Å²) in [5.41, 5.74) is 4.70. The van der Waals surface area contributed by atoms with Crippen LogP contribution in [0.15, 0.2) is 60.8 Å². The average molecular weight is 439 g/mol. The Balaban J connectivity index is 2.57. The zero-order valence-corrected chi connectivity index (χ0v) is 22.9. The van der Waals surface area contributed by atoms with Crippen LogP contribution in [0.5, 0.6) is 0 Å². The highest BCUT2D eigenvalue weighted by atomic mass is 14.4. The van der Waals surface area contributed by atoms with Gasteiger partial charge in [0.15, 0.2) is 0 Å². The molecule has 0 heterocycles. The van der Waals surface area contributed by atoms with Crippen molar-refractivity contribution in [3.63, 3.8) is 0 Å². The molecule has 32 heavy (non-hydrogen) atoms. The van der Waals surface area contributed by atoms with Gasteiger partial charge >= 0.3 is 0 Å². The average Bonchev–Trinajstić information content (AvgIpc) is 2.73. The Bertz CT molecular complexity index is 685. The fourth-order valence-electron chi connectivity index (χ4n) is 4.97. The van der Waals surface area contributed by atoms with Gasteiger partial charge in [0.05, 0.1) is 0 Å². The maximum atomic E-state index is 4.45. The van der Waals surface area contributed by atoms with E-state index >= 15 is 0 Å². The molecule has 5 unspecified atom stereocenters. The van der Waals surface area contributed by atoms with Crippen LogP contribution in [0, 0.1) is 34.5 Å². The predicted molar refractivity (Wildman–Crippen MR) is 147 cm³/mol. The van der Waals surface area contributed by atoms with Crippen LogP contribution in [0.3, 0.4) is 0 Å². The second kappa shape index (κ2) is 12.8. The van der Waals surface area contributed by atoms with E-state index in [0.717, 1.165) is 18.8 Å². The van der Waals surface area contributed by atoms with Gasteiger partial charge in [-0.2, -0.15) is 0 Å². The van der Waals surface area contributed by atoms with E-state index in [0.29, 0.717) is 23.2 Å². The van der Waals surface area contributed by atoms with Crippen molar-refractivity contribution in [2.45, 2.75) is 107 Å². The number of rotatable bonds is 13. The normalized spacial score (nSPS) is 25.4. The van der Waals surface area contributed by atoms with E-state index in [-0.39, 0.29) is 5.41 Å². The van der Waals surface area contributed by atoms with Crippen molar-refractivity contribution in [2.24, 2.45) is 34.5 Å². The summed E-state index contributed by atoms with van der Waals surface area (Å²) in [6.45, 7) is 31.4. The first kappa shape index (κ1) is 28.7. The highest BCUT2D eigenvalue weighted by molar-refractivity contribution is 5.14. The Morgan fingerprint density at radius 3 is 2.47 bits per heavy atom. The molecule has 182 valence electrons. The van der Waals surface area contributed by atoms with Crippen LogP contribution in [0.2, 0.25) is 0 Å². The maximum absolute atomic E-state index is 4.45. The zero-order chi connectivity index (χ0) is 24.5. The van der Waals surface area contributed by atoms with E-state index in [1.807, 2.05) is 0 Å². The Morgan fingerprint density at radius 1 is 1.22 bits per heavy atom. The second-order valence-corrected chi connectivity index (χ2v) is 12.0. The first-order chi connectivity index (χ1) is 14.8. The van der Waals surface area contributed by atoms with Gasteiger partial charge in [-0.25, -0.2) is 0 Å². The van der Waals surface area contributed by atoms with Crippen molar-refractivity contribution in [3.05, 3.63) is 60.8 Å². The Morgan fingerprint density at radius 2 is 1.88 bits per heavy atom. The van der Waals surface area contributed by atoms with E-state index in [1.165, 1.54) is 55.2 Å². The molecule has 0 aromatic rings. The molecule has 1 aliphatic rings. The van der Waals surface area contributed by atoms with Crippen LogP contribution in [0.1, 0.15) is 107 Å². The van der Waals surface area contributed by atoms with Gasteiger partial charge in [0.25, 0.3) is 0 Å². The summed E-state index contributed by atoms with van der Waals surface area (Å²) < 4.78 is 0. The Hall–Kier alpha value is -1.30. The molecule has 0 aliphatic heterocycles. The molecule has 0 spiro atoms. The van der Waals surface area contributed by atoms with Gasteiger partial charge in [0, 0.05) is 5.41 Å². The third-order valence-electron chi connectivity index (χ3n) is 8.73. The number of hydrogen-bond donors (Lipinski definition) is 0. The third kappa shape index (κ3) is 8.92. The molecule has 0 heteroatoms. The molecule has 1 aliphatic carbocycles. The SMILES string of the molecule is C=CC(C)(C=CC(C)CCC=C(C)CCC(C)C(=C)C)CCC1C(=C)CCC(C)C1(C)C. The molecule has 1 saturated carbocycles. The molecule has 0 amide bonds. The van der Waals surface area contributed by atoms with Crippen molar-refractivity contribution < 1.29 is 0 Å². The molecule has 0 aromatic heterocycles. The fourth-order valence-corrected chi connectivity index (χ4v) is 4.97. The van der Waals surface area contributed by atoms with E-state index in [4.69, 9.17) is 0 Å². The van der Waals surface area contributed by atoms with Crippen molar-refractivity contribution in [1.29, 1.82) is 0 Å². The van der Waals surface area contributed by atoms with E-state index in [2.05, 4.69) is 99.4 Å². The van der Waals surface area contributed by atoms with Crippen LogP contribution in [0.25, 0.3) is 0 Å². The molecule has 0 radical (unpaired) electrons. The lowest BCUT2D eigenvalue weighted by atomic mass is 9.59. The summed E-state index contributed by atoms with van der Waals surface area (Å²) >= 11 is 0. The summed E-state index contributed by atoms with van der Waals surface area (Å²) in [6, 6.07) is 0. The van der Waals surface area contributed by atoms with Crippen molar-refractivity contribution >= 4 is 0 Å². The van der Waals surface area contributed by atoms with Gasteiger partial charge in [-0.3, -0.25) is 0 Å². The summed E-state index contributed by atoms with van der Waals surface area (Å²) in [7, 11) is 0. The van der Waals surface area contributed by atoms with Crippen LogP contribution >= 0.6 is 0 Å². The minimum Gasteiger partial charge on any atom is -0.102 e. The van der Waals surface area contributed by atoms with E-state index < -0.39 is 0 Å². The van der Waals surface area contributed by atoms with Gasteiger partial charge in [-0.05, 0) is 94.3 Å². The summed E-state index contributed by atoms with van der Waals surface area (Å²) in [4.78, 5) is 0. The Kier molecular flexibility index (Phi) is 11.5. The Labute approximate surface area is 202 Å². The number of allylic oxidation sites excluding steroid dienone is 7. The first-order valence-electron chi connectivity index (χ1n) is 13.1. The summed E-state index contributed by atoms with van der Waals surface area (Å²) in [5, 5.41) is 0. The fraction of sp³-hybridized carbons (Fsp3) is 0.688. The standard InChI is InChI=1S/C32H54/c1-12-32(11,23-21-30-28(7)18-19-29(8)31(30,9)10)22-20-26(5)15-13-14-25(4)16-17-27(6)24(2)3/h12,14,20,22,26-27,29-30H,1-2,7,13,15-19,21,23H2,3-6,8-11H3. The van der Waals surface area contributed by atoms with Gasteiger partial charge in [-0.15, -0.1) is 6.58 Å². The maximum Gasteiger partial charge on any atom is 0.00303 e. The van der Waals surface area contributed by atoms with Crippen LogP contribution < -0.4 is 0 Å². The second-order valence-electron chi connectivity index (χ2n) is 12.0. The van der Waals surface area contributed by atoms with Gasteiger partial charge in [0.1, 0.15) is 0 Å². The summed E-state index contributed by atoms with van der Waals surface area (Å²) in [5.74, 6) is 2.60. The molecule has 0 N–H and O–H groups in total. The molecule has 0 saturated heterocycles. The lowest BCUT2D eigenvalue weighted by Crippen LogP contribution is -2.36. The largest absolute Gasteiger partial charge is 0.102 e. The molecule has 1 fully saturated rings. The monoisotopic (exact) mass is 438 g/mol. The smallest absolute Gasteiger partial charge is 0.00303 e. The molecule has 0 nitrogen and oxygen atoms in total. The van der Waals surface area contributed by atoms with E-state index in [9.17, 15) is 0 Å². The highest BCUT2D eigenvalue weighted by Crippen LogP contribution is 2.50. The van der Waals surface area contributed by atoms with Gasteiger partial charge < -0.3 is 0 Å². The van der Waals surface area contributed by atoms with Crippen LogP contribution in [-0.4, -0.2) is 0 Å². The molecule has 0 bridgehead atoms. The minimum absolute atomic E-state index is 0.0652.